The molecule has 19 nitrogen and oxygen atoms in total. The highest BCUT2D eigenvalue weighted by molar-refractivity contribution is 7.62. The molecule has 0 aromatic heterocycles. The Bertz CT molecular complexity index is 2830. The summed E-state index contributed by atoms with van der Waals surface area (Å²) >= 11 is 6.40. The van der Waals surface area contributed by atoms with Crippen LogP contribution in [0.25, 0.3) is 0 Å². The number of nitrogens with zero attached hydrogens (tertiary/aromatic N) is 2. The number of nitrogens with one attached hydrogen (secondary N) is 3. The maximum atomic E-state index is 15.7. The summed E-state index contributed by atoms with van der Waals surface area (Å²) in [4.78, 5) is 73.0. The molecule has 2 saturated heterocycles. The summed E-state index contributed by atoms with van der Waals surface area (Å²) in [5, 5.41) is 8.70. The molecule has 6 atom stereocenters. The molecule has 9 rings (SSSR count). The SMILES string of the molecule is CCOP(=O)(OCC)c1ccc([C@@H](NC(=O)N2CCN(C3CC(NC(=O)c4cc(F)c(OC)c(OC)c4Cl)C3)C2=O)C(=O)N[C@@H](Cc2ccc(F)c(C(=O)OC(C)(C)C)c2OC)B2O[C@@H]3C[C@@H]4C[C@@H](C4(C)C)[C@]3(C)O2)cc1. The van der Waals surface area contributed by atoms with Crippen molar-refractivity contribution in [1.82, 2.24) is 25.8 Å². The molecule has 2 heterocycles. The van der Waals surface area contributed by atoms with Crippen molar-refractivity contribution in [3.8, 4) is 17.2 Å². The number of hydrogen-bond acceptors (Lipinski definition) is 14. The molecule has 4 aliphatic carbocycles. The van der Waals surface area contributed by atoms with E-state index in [1.54, 1.807) is 34.6 Å². The monoisotopic (exact) mass is 1110 g/mol. The van der Waals surface area contributed by atoms with Crippen LogP contribution in [0, 0.1) is 28.9 Å². The highest BCUT2D eigenvalue weighted by Crippen LogP contribution is 2.66. The van der Waals surface area contributed by atoms with E-state index in [1.165, 1.54) is 56.6 Å². The van der Waals surface area contributed by atoms with Crippen LogP contribution >= 0.6 is 19.2 Å². The molecule has 77 heavy (non-hydrogen) atoms. The third kappa shape index (κ3) is 11.1. The molecule has 2 aliphatic heterocycles. The van der Waals surface area contributed by atoms with E-state index in [0.717, 1.165) is 23.5 Å². The Morgan fingerprint density at radius 3 is 2.13 bits per heavy atom. The van der Waals surface area contributed by atoms with E-state index in [2.05, 4.69) is 29.8 Å². The minimum absolute atomic E-state index is 0.0387. The number of ether oxygens (including phenoxy) is 4. The maximum Gasteiger partial charge on any atom is 0.482 e. The van der Waals surface area contributed by atoms with Crippen molar-refractivity contribution in [1.29, 1.82) is 0 Å². The molecule has 3 aromatic carbocycles. The lowest BCUT2D eigenvalue weighted by atomic mass is 9.43. The van der Waals surface area contributed by atoms with Gasteiger partial charge in [0.25, 0.3) is 5.91 Å². The lowest BCUT2D eigenvalue weighted by Crippen LogP contribution is -2.65. The quantitative estimate of drug-likeness (QED) is 0.0590. The number of halogens is 3. The smallest absolute Gasteiger partial charge is 0.482 e. The molecule has 418 valence electrons. The molecule has 0 unspecified atom stereocenters. The van der Waals surface area contributed by atoms with Gasteiger partial charge in [0.2, 0.25) is 5.91 Å². The van der Waals surface area contributed by atoms with Gasteiger partial charge in [-0.15, -0.1) is 0 Å². The number of rotatable bonds is 19. The number of benzene rings is 3. The molecule has 3 N–H and O–H groups in total. The molecule has 6 amide bonds. The van der Waals surface area contributed by atoms with Crippen LogP contribution in [0.15, 0.2) is 42.5 Å². The zero-order chi connectivity index (χ0) is 56.1. The van der Waals surface area contributed by atoms with E-state index in [0.29, 0.717) is 30.7 Å². The van der Waals surface area contributed by atoms with Crippen molar-refractivity contribution in [2.24, 2.45) is 17.3 Å². The summed E-state index contributed by atoms with van der Waals surface area (Å²) in [6.07, 6.45) is 1.82. The van der Waals surface area contributed by atoms with E-state index in [9.17, 15) is 28.1 Å². The molecule has 6 aliphatic rings. The molecule has 3 aromatic rings. The Morgan fingerprint density at radius 2 is 1.53 bits per heavy atom. The second kappa shape index (κ2) is 22.3. The standard InChI is InChI=1S/C53H68BClF2N5O14P/c1-12-72-77(68,73-13-2)33-17-14-28(15-18-33)42(60-49(66)62-21-20-61(50(62)67)32-25-31(26-32)58-46(63)34-27-36(57)44(70-10)45(71-11)41(34)55)47(64)59-39(54-75-38-24-30-23-37(52(30,6)7)53(38,8)76-54)22-29-16-19-35(56)40(43(29)69-9)48(65)74-51(3,4)5/h14-19,27,30-32,37-39,42H,12-13,20-26H2,1-11H3,(H,58,63)(H,59,64)(H,60,66)/t30-,31?,32?,37-,38+,39-,42+,53-/m0/s1. The van der Waals surface area contributed by atoms with Crippen LogP contribution in [0.4, 0.5) is 18.4 Å². The summed E-state index contributed by atoms with van der Waals surface area (Å²) in [7, 11) is -1.08. The number of methoxy groups -OCH3 is 3. The fraction of sp³-hybridized carbons (Fsp3) is 0.566. The van der Waals surface area contributed by atoms with Crippen molar-refractivity contribution in [3.05, 3.63) is 81.4 Å². The van der Waals surface area contributed by atoms with Crippen LogP contribution in [-0.4, -0.2) is 130 Å². The zero-order valence-corrected chi connectivity index (χ0v) is 46.9. The fourth-order valence-electron chi connectivity index (χ4n) is 11.6. The lowest BCUT2D eigenvalue weighted by molar-refractivity contribution is -0.199. The van der Waals surface area contributed by atoms with Gasteiger partial charge in [0, 0.05) is 25.2 Å². The number of imide groups is 1. The largest absolute Gasteiger partial charge is 0.495 e. The van der Waals surface area contributed by atoms with E-state index < -0.39 is 91.0 Å². The van der Waals surface area contributed by atoms with Gasteiger partial charge in [0.1, 0.15) is 28.8 Å². The predicted molar refractivity (Wildman–Crippen MR) is 280 cm³/mol. The van der Waals surface area contributed by atoms with Crippen molar-refractivity contribution in [3.63, 3.8) is 0 Å². The van der Waals surface area contributed by atoms with Crippen LogP contribution in [0.3, 0.4) is 0 Å². The van der Waals surface area contributed by atoms with Gasteiger partial charge in [0.15, 0.2) is 17.3 Å². The molecular formula is C53H68BClF2N5O14P. The summed E-state index contributed by atoms with van der Waals surface area (Å²) < 4.78 is 90.6. The Labute approximate surface area is 452 Å². The van der Waals surface area contributed by atoms with Gasteiger partial charge >= 0.3 is 32.7 Å². The summed E-state index contributed by atoms with van der Waals surface area (Å²) in [5.41, 5.74) is -1.83. The van der Waals surface area contributed by atoms with Crippen molar-refractivity contribution < 1.29 is 74.6 Å². The van der Waals surface area contributed by atoms with E-state index >= 15 is 9.18 Å². The second-order valence-electron chi connectivity index (χ2n) is 21.8. The number of urea groups is 2. The number of amides is 6. The van der Waals surface area contributed by atoms with E-state index in [1.807, 2.05) is 6.92 Å². The highest BCUT2D eigenvalue weighted by atomic mass is 35.5. The average molecular weight is 1110 g/mol. The van der Waals surface area contributed by atoms with Gasteiger partial charge in [0.05, 0.1) is 68.1 Å². The number of carbonyl (C=O) groups excluding carboxylic acids is 5. The van der Waals surface area contributed by atoms with Gasteiger partial charge in [-0.2, -0.15) is 0 Å². The number of esters is 1. The highest BCUT2D eigenvalue weighted by Gasteiger charge is 2.68. The topological polar surface area (TPSA) is 219 Å². The van der Waals surface area contributed by atoms with Crippen LogP contribution in [-0.2, 0) is 38.9 Å². The molecule has 6 fully saturated rings. The summed E-state index contributed by atoms with van der Waals surface area (Å²) in [5.74, 6) is -5.17. The zero-order valence-electron chi connectivity index (χ0n) is 45.2. The average Bonchev–Trinajstić information content (AvgIpc) is 3.99. The van der Waals surface area contributed by atoms with Crippen molar-refractivity contribution >= 4 is 61.5 Å². The van der Waals surface area contributed by atoms with Crippen LogP contribution in [0.2, 0.25) is 5.02 Å². The van der Waals surface area contributed by atoms with Crippen LogP contribution in [0.5, 0.6) is 17.2 Å². The van der Waals surface area contributed by atoms with E-state index in [-0.39, 0.29) is 94.9 Å². The lowest BCUT2D eigenvalue weighted by Gasteiger charge is -2.64. The van der Waals surface area contributed by atoms with Gasteiger partial charge in [-0.05, 0) is 126 Å². The predicted octanol–water partition coefficient (Wildman–Crippen LogP) is 7.94. The Kier molecular flexibility index (Phi) is 16.7. The Hall–Kier alpha value is -5.51. The number of carbonyl (C=O) groups is 5. The molecular weight excluding hydrogens is 1050 g/mol. The summed E-state index contributed by atoms with van der Waals surface area (Å²) in [6, 6.07) is 5.58. The first-order valence-electron chi connectivity index (χ1n) is 25.8. The molecule has 0 radical (unpaired) electrons. The number of hydrogen-bond donors (Lipinski definition) is 3. The Balaban J connectivity index is 1.06. The van der Waals surface area contributed by atoms with Crippen LogP contribution in [0.1, 0.15) is 119 Å². The molecule has 24 heteroatoms. The third-order valence-electron chi connectivity index (χ3n) is 15.7. The normalized spacial score (nSPS) is 24.2. The first-order valence-corrected chi connectivity index (χ1v) is 27.8. The maximum absolute atomic E-state index is 15.7. The minimum Gasteiger partial charge on any atom is -0.495 e. The van der Waals surface area contributed by atoms with Gasteiger partial charge < -0.3 is 58.2 Å². The van der Waals surface area contributed by atoms with Crippen molar-refractivity contribution in [2.45, 2.75) is 129 Å². The molecule has 4 saturated carbocycles. The van der Waals surface area contributed by atoms with Crippen molar-refractivity contribution in [2.75, 3.05) is 47.6 Å². The van der Waals surface area contributed by atoms with Gasteiger partial charge in [-0.3, -0.25) is 14.2 Å². The fourth-order valence-corrected chi connectivity index (χ4v) is 13.5. The minimum atomic E-state index is -3.80. The first-order chi connectivity index (χ1) is 36.3. The van der Waals surface area contributed by atoms with Crippen LogP contribution < -0.4 is 35.5 Å². The third-order valence-corrected chi connectivity index (χ3v) is 18.2. The van der Waals surface area contributed by atoms with E-state index in [4.69, 9.17) is 48.9 Å². The van der Waals surface area contributed by atoms with Gasteiger partial charge in [-0.1, -0.05) is 43.6 Å². The molecule has 0 spiro atoms. The summed E-state index contributed by atoms with van der Waals surface area (Å²) in [6.45, 7) is 15.0. The Morgan fingerprint density at radius 1 is 0.883 bits per heavy atom. The molecule has 2 bridgehead atoms. The van der Waals surface area contributed by atoms with Gasteiger partial charge in [-0.25, -0.2) is 28.1 Å². The first kappa shape index (κ1) is 57.7. The second-order valence-corrected chi connectivity index (χ2v) is 24.2.